The number of halogens is 2. The van der Waals surface area contributed by atoms with Crippen LogP contribution in [0.4, 0.5) is 0 Å². The molecule has 5 nitrogen and oxygen atoms in total. The lowest BCUT2D eigenvalue weighted by Crippen LogP contribution is -2.36. The van der Waals surface area contributed by atoms with Crippen molar-refractivity contribution < 1.29 is 8.42 Å². The minimum absolute atomic E-state index is 0.0568. The van der Waals surface area contributed by atoms with Gasteiger partial charge in [0.2, 0.25) is 10.0 Å². The summed E-state index contributed by atoms with van der Waals surface area (Å²) in [6.45, 7) is 0.496. The summed E-state index contributed by atoms with van der Waals surface area (Å²) < 4.78 is 27.5. The number of hydrogen-bond donors (Lipinski definition) is 0. The standard InChI is InChI=1S/C19H15Cl2N3O2S/c20-15-7-4-8-16(21)18(15)27(25,26)24-10-9-17-14(12-24)11-22-19(23-17)13-5-2-1-3-6-13/h1-8,11H,9-10,12H2. The third-order valence-electron chi connectivity index (χ3n) is 4.45. The van der Waals surface area contributed by atoms with E-state index in [1.54, 1.807) is 12.3 Å². The van der Waals surface area contributed by atoms with E-state index in [-0.39, 0.29) is 21.5 Å². The van der Waals surface area contributed by atoms with Crippen molar-refractivity contribution in [2.45, 2.75) is 17.9 Å². The van der Waals surface area contributed by atoms with Gasteiger partial charge >= 0.3 is 0 Å². The summed E-state index contributed by atoms with van der Waals surface area (Å²) in [5.41, 5.74) is 2.58. The Kier molecular flexibility index (Phi) is 4.90. The quantitative estimate of drug-likeness (QED) is 0.637. The molecular formula is C19H15Cl2N3O2S. The van der Waals surface area contributed by atoms with E-state index in [1.807, 2.05) is 30.3 Å². The first-order chi connectivity index (χ1) is 13.0. The third kappa shape index (κ3) is 3.46. The van der Waals surface area contributed by atoms with Crippen LogP contribution in [0.5, 0.6) is 0 Å². The van der Waals surface area contributed by atoms with E-state index in [4.69, 9.17) is 23.2 Å². The summed E-state index contributed by atoms with van der Waals surface area (Å²) >= 11 is 12.2. The molecule has 4 rings (SSSR count). The third-order valence-corrected chi connectivity index (χ3v) is 7.25. The molecule has 2 aromatic carbocycles. The van der Waals surface area contributed by atoms with Crippen LogP contribution in [0.3, 0.4) is 0 Å². The summed E-state index contributed by atoms with van der Waals surface area (Å²) in [6.07, 6.45) is 2.19. The Bertz CT molecular complexity index is 1080. The molecule has 0 spiro atoms. The van der Waals surface area contributed by atoms with Gasteiger partial charge in [-0.3, -0.25) is 0 Å². The zero-order valence-corrected chi connectivity index (χ0v) is 16.5. The molecule has 0 N–H and O–H groups in total. The molecule has 2 heterocycles. The van der Waals surface area contributed by atoms with Gasteiger partial charge in [0, 0.05) is 36.8 Å². The summed E-state index contributed by atoms with van der Waals surface area (Å²) in [5, 5.41) is 0.230. The molecule has 1 aromatic heterocycles. The van der Waals surface area contributed by atoms with E-state index < -0.39 is 10.0 Å². The maximum atomic E-state index is 13.0. The fourth-order valence-electron chi connectivity index (χ4n) is 3.08. The molecule has 1 aliphatic rings. The van der Waals surface area contributed by atoms with Crippen LogP contribution in [-0.4, -0.2) is 29.2 Å². The predicted octanol–water partition coefficient (Wildman–Crippen LogP) is 4.20. The highest BCUT2D eigenvalue weighted by molar-refractivity contribution is 7.89. The first-order valence-corrected chi connectivity index (χ1v) is 10.5. The van der Waals surface area contributed by atoms with Crippen molar-refractivity contribution in [3.05, 3.63) is 76.0 Å². The Morgan fingerprint density at radius 2 is 1.67 bits per heavy atom. The second-order valence-electron chi connectivity index (χ2n) is 6.17. The van der Waals surface area contributed by atoms with Crippen LogP contribution in [0.15, 0.2) is 59.6 Å². The van der Waals surface area contributed by atoms with Crippen LogP contribution in [0.25, 0.3) is 11.4 Å². The van der Waals surface area contributed by atoms with Gasteiger partial charge in [-0.1, -0.05) is 59.6 Å². The number of fused-ring (bicyclic) bond motifs is 1. The molecule has 0 unspecified atom stereocenters. The molecule has 0 atom stereocenters. The van der Waals surface area contributed by atoms with Gasteiger partial charge in [-0.05, 0) is 12.1 Å². The Balaban J connectivity index is 1.66. The summed E-state index contributed by atoms with van der Waals surface area (Å²) in [5.74, 6) is 0.639. The summed E-state index contributed by atoms with van der Waals surface area (Å²) in [6, 6.07) is 14.3. The summed E-state index contributed by atoms with van der Waals surface area (Å²) in [7, 11) is -3.81. The SMILES string of the molecule is O=S(=O)(c1c(Cl)cccc1Cl)N1CCc2nc(-c3ccccc3)ncc2C1. The first-order valence-electron chi connectivity index (χ1n) is 8.31. The molecule has 0 saturated heterocycles. The van der Waals surface area contributed by atoms with E-state index >= 15 is 0 Å². The average molecular weight is 420 g/mol. The van der Waals surface area contributed by atoms with Crippen LogP contribution in [0, 0.1) is 0 Å². The molecule has 0 fully saturated rings. The molecule has 138 valence electrons. The van der Waals surface area contributed by atoms with Crippen molar-refractivity contribution in [3.63, 3.8) is 0 Å². The predicted molar refractivity (Wildman–Crippen MR) is 105 cm³/mol. The van der Waals surface area contributed by atoms with Gasteiger partial charge in [-0.15, -0.1) is 0 Å². The molecular weight excluding hydrogens is 405 g/mol. The highest BCUT2D eigenvalue weighted by Gasteiger charge is 2.32. The lowest BCUT2D eigenvalue weighted by molar-refractivity contribution is 0.387. The van der Waals surface area contributed by atoms with E-state index in [9.17, 15) is 8.42 Å². The lowest BCUT2D eigenvalue weighted by atomic mass is 10.1. The van der Waals surface area contributed by atoms with Gasteiger partial charge < -0.3 is 0 Å². The van der Waals surface area contributed by atoms with Gasteiger partial charge in [0.05, 0.1) is 15.7 Å². The van der Waals surface area contributed by atoms with Crippen LogP contribution in [0.1, 0.15) is 11.3 Å². The van der Waals surface area contributed by atoms with Gasteiger partial charge in [-0.25, -0.2) is 18.4 Å². The monoisotopic (exact) mass is 419 g/mol. The largest absolute Gasteiger partial charge is 0.246 e. The Morgan fingerprint density at radius 1 is 0.963 bits per heavy atom. The zero-order chi connectivity index (χ0) is 19.0. The van der Waals surface area contributed by atoms with E-state index in [2.05, 4.69) is 9.97 Å². The fourth-order valence-corrected chi connectivity index (χ4v) is 5.59. The van der Waals surface area contributed by atoms with Crippen molar-refractivity contribution in [1.29, 1.82) is 0 Å². The zero-order valence-electron chi connectivity index (χ0n) is 14.1. The first kappa shape index (κ1) is 18.4. The number of hydrogen-bond acceptors (Lipinski definition) is 4. The number of aromatic nitrogens is 2. The van der Waals surface area contributed by atoms with E-state index in [1.165, 1.54) is 16.4 Å². The highest BCUT2D eigenvalue weighted by Crippen LogP contribution is 2.33. The minimum Gasteiger partial charge on any atom is -0.236 e. The fraction of sp³-hybridized carbons (Fsp3) is 0.158. The summed E-state index contributed by atoms with van der Waals surface area (Å²) in [4.78, 5) is 8.97. The average Bonchev–Trinajstić information content (AvgIpc) is 2.67. The van der Waals surface area contributed by atoms with Crippen LogP contribution in [0.2, 0.25) is 10.0 Å². The van der Waals surface area contributed by atoms with Gasteiger partial charge in [-0.2, -0.15) is 4.31 Å². The second kappa shape index (κ2) is 7.20. The topological polar surface area (TPSA) is 63.2 Å². The van der Waals surface area contributed by atoms with Gasteiger partial charge in [0.15, 0.2) is 5.82 Å². The second-order valence-corrected chi connectivity index (χ2v) is 8.86. The van der Waals surface area contributed by atoms with Crippen molar-refractivity contribution in [3.8, 4) is 11.4 Å². The van der Waals surface area contributed by atoms with Crippen molar-refractivity contribution in [2.24, 2.45) is 0 Å². The normalized spacial score (nSPS) is 14.7. The van der Waals surface area contributed by atoms with Crippen LogP contribution < -0.4 is 0 Å². The maximum Gasteiger partial charge on any atom is 0.246 e. The number of rotatable bonds is 3. The lowest BCUT2D eigenvalue weighted by Gasteiger charge is -2.28. The Hall–Kier alpha value is -1.99. The Labute approximate surface area is 167 Å². The van der Waals surface area contributed by atoms with Crippen molar-refractivity contribution in [2.75, 3.05) is 6.54 Å². The number of sulfonamides is 1. The Morgan fingerprint density at radius 3 is 2.37 bits per heavy atom. The number of benzene rings is 2. The molecule has 0 amide bonds. The molecule has 27 heavy (non-hydrogen) atoms. The van der Waals surface area contributed by atoms with Crippen molar-refractivity contribution >= 4 is 33.2 Å². The van der Waals surface area contributed by atoms with Crippen LogP contribution in [-0.2, 0) is 23.0 Å². The maximum absolute atomic E-state index is 13.0. The molecule has 0 aliphatic carbocycles. The highest BCUT2D eigenvalue weighted by atomic mass is 35.5. The van der Waals surface area contributed by atoms with Crippen LogP contribution >= 0.6 is 23.2 Å². The molecule has 0 radical (unpaired) electrons. The molecule has 8 heteroatoms. The molecule has 0 bridgehead atoms. The van der Waals surface area contributed by atoms with Gasteiger partial charge in [0.1, 0.15) is 4.90 Å². The molecule has 3 aromatic rings. The van der Waals surface area contributed by atoms with E-state index in [0.717, 1.165) is 16.8 Å². The van der Waals surface area contributed by atoms with Crippen molar-refractivity contribution in [1.82, 2.24) is 14.3 Å². The van der Waals surface area contributed by atoms with Gasteiger partial charge in [0.25, 0.3) is 0 Å². The smallest absolute Gasteiger partial charge is 0.236 e. The number of nitrogens with zero attached hydrogens (tertiary/aromatic N) is 3. The molecule has 1 aliphatic heterocycles. The van der Waals surface area contributed by atoms with E-state index in [0.29, 0.717) is 18.8 Å². The molecule has 0 saturated carbocycles. The minimum atomic E-state index is -3.81.